The lowest BCUT2D eigenvalue weighted by Crippen LogP contribution is -2.45. The Morgan fingerprint density at radius 1 is 1.48 bits per heavy atom. The minimum Gasteiger partial charge on any atom is -0.488 e. The van der Waals surface area contributed by atoms with Gasteiger partial charge < -0.3 is 14.6 Å². The normalized spacial score (nSPS) is 27.7. The average Bonchev–Trinajstić information content (AvgIpc) is 3.03. The highest BCUT2D eigenvalue weighted by Gasteiger charge is 2.38. The van der Waals surface area contributed by atoms with Crippen LogP contribution in [-0.2, 0) is 16.0 Å². The minimum absolute atomic E-state index is 0.0816. The highest BCUT2D eigenvalue weighted by Crippen LogP contribution is 2.30. The summed E-state index contributed by atoms with van der Waals surface area (Å²) < 4.78 is 24.3. The zero-order chi connectivity index (χ0) is 15.0. The molecule has 1 saturated heterocycles. The van der Waals surface area contributed by atoms with Gasteiger partial charge in [0.15, 0.2) is 0 Å². The number of hydrogen-bond acceptors (Lipinski definition) is 4. The Balaban J connectivity index is 1.62. The van der Waals surface area contributed by atoms with Gasteiger partial charge in [0.2, 0.25) is 0 Å². The second kappa shape index (κ2) is 5.61. The molecule has 0 amide bonds. The molecule has 1 fully saturated rings. The predicted molar refractivity (Wildman–Crippen MR) is 72.9 cm³/mol. The van der Waals surface area contributed by atoms with Crippen molar-refractivity contribution in [3.05, 3.63) is 29.6 Å². The van der Waals surface area contributed by atoms with Gasteiger partial charge in [0.05, 0.1) is 19.1 Å². The van der Waals surface area contributed by atoms with Gasteiger partial charge in [-0.1, -0.05) is 0 Å². The van der Waals surface area contributed by atoms with E-state index in [1.807, 2.05) is 11.9 Å². The average molecular weight is 295 g/mol. The number of rotatable bonds is 4. The Morgan fingerprint density at radius 2 is 2.29 bits per heavy atom. The number of carboxylic acid groups (broad SMARTS) is 1. The van der Waals surface area contributed by atoms with Crippen LogP contribution in [0.4, 0.5) is 4.39 Å². The topological polar surface area (TPSA) is 59.0 Å². The lowest BCUT2D eigenvalue weighted by atomic mass is 10.0. The smallest absolute Gasteiger partial charge is 0.310 e. The van der Waals surface area contributed by atoms with Crippen LogP contribution in [0, 0.1) is 11.7 Å². The second-order valence-electron chi connectivity index (χ2n) is 5.69. The van der Waals surface area contributed by atoms with Gasteiger partial charge in [-0.15, -0.1) is 0 Å². The summed E-state index contributed by atoms with van der Waals surface area (Å²) in [6, 6.07) is 4.37. The summed E-state index contributed by atoms with van der Waals surface area (Å²) in [5.74, 6) is -0.882. The third-order valence-corrected chi connectivity index (χ3v) is 4.19. The maximum atomic E-state index is 13.2. The number of halogens is 1. The molecule has 114 valence electrons. The Bertz CT molecular complexity index is 550. The SMILES string of the molecule is CN(CC1Cc2cc(F)ccc2O1)C1COCC1C(=O)O. The number of hydrogen-bond donors (Lipinski definition) is 1. The van der Waals surface area contributed by atoms with Crippen molar-refractivity contribution in [2.75, 3.05) is 26.8 Å². The number of carboxylic acids is 1. The van der Waals surface area contributed by atoms with E-state index in [1.165, 1.54) is 12.1 Å². The molecule has 3 unspecified atom stereocenters. The van der Waals surface area contributed by atoms with Gasteiger partial charge in [0.1, 0.15) is 17.7 Å². The molecule has 0 saturated carbocycles. The highest BCUT2D eigenvalue weighted by atomic mass is 19.1. The van der Waals surface area contributed by atoms with Gasteiger partial charge in [0.25, 0.3) is 0 Å². The lowest BCUT2D eigenvalue weighted by Gasteiger charge is -2.28. The van der Waals surface area contributed by atoms with E-state index in [4.69, 9.17) is 9.47 Å². The molecule has 0 aromatic heterocycles. The number of carbonyl (C=O) groups is 1. The molecule has 3 rings (SSSR count). The Hall–Kier alpha value is -1.66. The minimum atomic E-state index is -0.831. The van der Waals surface area contributed by atoms with Crippen molar-refractivity contribution in [2.45, 2.75) is 18.6 Å². The van der Waals surface area contributed by atoms with E-state index in [2.05, 4.69) is 0 Å². The Labute approximate surface area is 122 Å². The second-order valence-corrected chi connectivity index (χ2v) is 5.69. The maximum Gasteiger partial charge on any atom is 0.310 e. The fraction of sp³-hybridized carbons (Fsp3) is 0.533. The van der Waals surface area contributed by atoms with Crippen molar-refractivity contribution < 1.29 is 23.8 Å². The van der Waals surface area contributed by atoms with Gasteiger partial charge >= 0.3 is 5.97 Å². The molecule has 1 aromatic rings. The third kappa shape index (κ3) is 2.87. The zero-order valence-electron chi connectivity index (χ0n) is 11.8. The predicted octanol–water partition coefficient (Wildman–Crippen LogP) is 1.16. The molecule has 2 aliphatic rings. The van der Waals surface area contributed by atoms with Crippen LogP contribution in [0.2, 0.25) is 0 Å². The van der Waals surface area contributed by atoms with Crippen LogP contribution in [0.5, 0.6) is 5.75 Å². The summed E-state index contributed by atoms with van der Waals surface area (Å²) in [7, 11) is 1.88. The number of nitrogens with zero attached hydrogens (tertiary/aromatic N) is 1. The van der Waals surface area contributed by atoms with Crippen LogP contribution >= 0.6 is 0 Å². The summed E-state index contributed by atoms with van der Waals surface area (Å²) in [4.78, 5) is 13.2. The summed E-state index contributed by atoms with van der Waals surface area (Å²) in [5, 5.41) is 9.19. The summed E-state index contributed by atoms with van der Waals surface area (Å²) >= 11 is 0. The monoisotopic (exact) mass is 295 g/mol. The van der Waals surface area contributed by atoms with Gasteiger partial charge in [-0.3, -0.25) is 9.69 Å². The third-order valence-electron chi connectivity index (χ3n) is 4.19. The largest absolute Gasteiger partial charge is 0.488 e. The van der Waals surface area contributed by atoms with E-state index in [0.29, 0.717) is 25.3 Å². The molecule has 21 heavy (non-hydrogen) atoms. The van der Waals surface area contributed by atoms with E-state index in [9.17, 15) is 14.3 Å². The van der Waals surface area contributed by atoms with Crippen molar-refractivity contribution in [2.24, 2.45) is 5.92 Å². The first-order valence-corrected chi connectivity index (χ1v) is 7.00. The van der Waals surface area contributed by atoms with E-state index in [1.54, 1.807) is 6.07 Å². The summed E-state index contributed by atoms with van der Waals surface area (Å²) in [6.07, 6.45) is 0.560. The standard InChI is InChI=1S/C15H18FNO4/c1-17(13-8-20-7-12(13)15(18)19)6-11-5-9-4-10(16)2-3-14(9)21-11/h2-4,11-13H,5-8H2,1H3,(H,18,19). The van der Waals surface area contributed by atoms with Crippen LogP contribution in [0.3, 0.4) is 0 Å². The van der Waals surface area contributed by atoms with Crippen molar-refractivity contribution >= 4 is 5.97 Å². The first-order valence-electron chi connectivity index (χ1n) is 7.00. The van der Waals surface area contributed by atoms with Gasteiger partial charge in [0, 0.05) is 24.6 Å². The number of aliphatic carboxylic acids is 1. The van der Waals surface area contributed by atoms with Crippen LogP contribution < -0.4 is 4.74 Å². The summed E-state index contributed by atoms with van der Waals surface area (Å²) in [6.45, 7) is 1.26. The lowest BCUT2D eigenvalue weighted by molar-refractivity contribution is -0.143. The van der Waals surface area contributed by atoms with Crippen LogP contribution in [0.1, 0.15) is 5.56 Å². The number of ether oxygens (including phenoxy) is 2. The van der Waals surface area contributed by atoms with Crippen molar-refractivity contribution in [1.29, 1.82) is 0 Å². The van der Waals surface area contributed by atoms with Crippen LogP contribution in [0.25, 0.3) is 0 Å². The number of likely N-dealkylation sites (N-methyl/N-ethyl adjacent to an activating group) is 1. The Kier molecular flexibility index (Phi) is 3.82. The number of benzene rings is 1. The molecule has 2 aliphatic heterocycles. The van der Waals surface area contributed by atoms with Gasteiger partial charge in [-0.2, -0.15) is 0 Å². The van der Waals surface area contributed by atoms with E-state index >= 15 is 0 Å². The first-order chi connectivity index (χ1) is 10.0. The van der Waals surface area contributed by atoms with Crippen molar-refractivity contribution in [1.82, 2.24) is 4.90 Å². The van der Waals surface area contributed by atoms with Crippen molar-refractivity contribution in [3.63, 3.8) is 0 Å². The van der Waals surface area contributed by atoms with E-state index < -0.39 is 11.9 Å². The van der Waals surface area contributed by atoms with E-state index in [0.717, 1.165) is 5.56 Å². The highest BCUT2D eigenvalue weighted by molar-refractivity contribution is 5.71. The molecule has 0 radical (unpaired) electrons. The quantitative estimate of drug-likeness (QED) is 0.903. The van der Waals surface area contributed by atoms with Crippen LogP contribution in [0.15, 0.2) is 18.2 Å². The van der Waals surface area contributed by atoms with Crippen molar-refractivity contribution in [3.8, 4) is 5.75 Å². The molecule has 5 nitrogen and oxygen atoms in total. The molecular weight excluding hydrogens is 277 g/mol. The molecule has 6 heteroatoms. The first kappa shape index (κ1) is 14.3. The molecule has 1 N–H and O–H groups in total. The molecule has 1 aromatic carbocycles. The molecule has 0 spiro atoms. The maximum absolute atomic E-state index is 13.2. The molecular formula is C15H18FNO4. The fourth-order valence-electron chi connectivity index (χ4n) is 3.06. The Morgan fingerprint density at radius 3 is 3.05 bits per heavy atom. The van der Waals surface area contributed by atoms with Gasteiger partial charge in [-0.25, -0.2) is 4.39 Å². The fourth-order valence-corrected chi connectivity index (χ4v) is 3.06. The van der Waals surface area contributed by atoms with Gasteiger partial charge in [-0.05, 0) is 25.2 Å². The molecule has 0 bridgehead atoms. The number of fused-ring (bicyclic) bond motifs is 1. The molecule has 2 heterocycles. The molecule has 0 aliphatic carbocycles. The zero-order valence-corrected chi connectivity index (χ0v) is 11.8. The van der Waals surface area contributed by atoms with E-state index in [-0.39, 0.29) is 24.6 Å². The summed E-state index contributed by atoms with van der Waals surface area (Å²) in [5.41, 5.74) is 0.867. The van der Waals surface area contributed by atoms with Crippen LogP contribution in [-0.4, -0.2) is 54.9 Å². The molecule has 3 atom stereocenters.